The van der Waals surface area contributed by atoms with Crippen LogP contribution in [0.2, 0.25) is 0 Å². The summed E-state index contributed by atoms with van der Waals surface area (Å²) in [5, 5.41) is 263. The van der Waals surface area contributed by atoms with Crippen molar-refractivity contribution in [2.24, 2.45) is 0 Å². The van der Waals surface area contributed by atoms with Gasteiger partial charge in [0.2, 0.25) is 0 Å². The molecule has 0 aromatic rings. The number of carboxylic acids is 28. The minimum atomic E-state index is -1.53. The summed E-state index contributed by atoms with van der Waals surface area (Å²) < 4.78 is 0. The molecule has 0 rings (SSSR count). The number of carboxylic acid groups (broad SMARTS) is 28. The monoisotopic (exact) mass is 2260 g/mol. The van der Waals surface area contributed by atoms with E-state index >= 15 is 0 Å². The van der Waals surface area contributed by atoms with Crippen LogP contribution < -0.4 is 61.3 Å². The molecule has 144 heavy (non-hydrogen) atoms. The van der Waals surface area contributed by atoms with E-state index < -0.39 is 350 Å². The SMILES string of the molecule is O=C(O)CN(CCN(CC(=O)O)CC(=O)O)CC(=O)O.O=C(O)CN(CCN(CC(=O)O)CC(=O)O)CC(=O)O.O=C(O)CN(CCN(CC(=O)O)CC(=O)O)CC(=O)O.O=C(O)CN(CCN(CC(=O)O)CC(=O)O)CC(=O)O.O=C([O-])CN(CCN(CC(=O)[O-])CC(=O)[O-])CC(=O)[O-].O=C([O-])CN(CCN(CC(=O)[O-])CC(=O)[O-])CC(=O)[O-].O=C([O-])CN(CCN(CC(=O)[O-])CC(=O)[O-])CC(=O)[O-].[Fe+3].[Fe+3].[Fe+3].[Fe+3]. The average Bonchev–Trinajstić information content (AvgIpc) is 0.953. The summed E-state index contributed by atoms with van der Waals surface area (Å²) in [6.45, 7) is -18.8. The first kappa shape index (κ1) is 153. The van der Waals surface area contributed by atoms with Crippen LogP contribution in [0.4, 0.5) is 0 Å². The summed E-state index contributed by atoms with van der Waals surface area (Å²) in [7, 11) is 0. The van der Waals surface area contributed by atoms with Gasteiger partial charge in [0.15, 0.2) is 0 Å². The average molecular weight is 2260 g/mol. The van der Waals surface area contributed by atoms with Gasteiger partial charge in [-0.3, -0.25) is 145 Å². The maximum absolute atomic E-state index is 10.6. The summed E-state index contributed by atoms with van der Waals surface area (Å²) in [6, 6.07) is 0. The van der Waals surface area contributed by atoms with Crippen molar-refractivity contribution in [1.29, 1.82) is 0 Å². The Balaban J connectivity index is -0.000000159. The molecule has 0 amide bonds. The topological polar surface area (TPSA) is 1120 Å². The molecule has 0 heterocycles. The fourth-order valence-electron chi connectivity index (χ4n) is 10.2. The molecule has 0 aliphatic rings. The van der Waals surface area contributed by atoms with E-state index in [1.165, 1.54) is 0 Å². The first-order chi connectivity index (χ1) is 64.4. The molecule has 0 spiro atoms. The number of hydrogen-bond acceptors (Lipinski definition) is 54. The number of carbonyl (C=O) groups excluding carboxylic acids is 12. The van der Waals surface area contributed by atoms with Crippen molar-refractivity contribution in [3.05, 3.63) is 0 Å². The Morgan fingerprint density at radius 2 is 0.146 bits per heavy atom. The standard InChI is InChI=1S/7C10H16N2O8.4Fe/c7*13-7(14)3-11(4-8(15)16)1-2-12(5-9(17)18)6-10(19)20;;;;/h7*1-6H2,(H,13,14)(H,15,16)(H,17,18)(H,19,20);;;;/q;;;;;;;4*+3/p-12. The van der Waals surface area contributed by atoms with E-state index in [4.69, 9.17) is 81.7 Å². The van der Waals surface area contributed by atoms with Crippen molar-refractivity contribution in [3.63, 3.8) is 0 Å². The molecule has 818 valence electrons. The van der Waals surface area contributed by atoms with Crippen molar-refractivity contribution in [1.82, 2.24) is 68.6 Å². The van der Waals surface area contributed by atoms with Crippen molar-refractivity contribution >= 4 is 167 Å². The Kier molecular flexibility index (Phi) is 95.6. The molecule has 0 aliphatic carbocycles. The number of nitrogens with zero attached hydrogens (tertiary/aromatic N) is 14. The Bertz CT molecular complexity index is 2940. The predicted octanol–water partition coefficient (Wildman–Crippen LogP) is -30.5. The smallest absolute Gasteiger partial charge is 0.549 e. The van der Waals surface area contributed by atoms with Gasteiger partial charge >= 0.3 is 164 Å². The van der Waals surface area contributed by atoms with E-state index in [1.807, 2.05) is 0 Å². The summed E-state index contributed by atoms with van der Waals surface area (Å²) >= 11 is 0. The van der Waals surface area contributed by atoms with Gasteiger partial charge < -0.3 is 201 Å². The van der Waals surface area contributed by atoms with Crippen LogP contribution in [0.25, 0.3) is 0 Å². The normalized spacial score (nSPS) is 10.4. The fourth-order valence-corrected chi connectivity index (χ4v) is 10.2. The van der Waals surface area contributed by atoms with Crippen molar-refractivity contribution in [3.8, 4) is 0 Å². The van der Waals surface area contributed by atoms with Crippen LogP contribution in [0.15, 0.2) is 0 Å². The van der Waals surface area contributed by atoms with Crippen LogP contribution in [0.5, 0.6) is 0 Å². The number of rotatable bonds is 77. The first-order valence-corrected chi connectivity index (χ1v) is 38.4. The molecular formula is C70H100Fe4N14O56. The number of carbonyl (C=O) groups is 28. The van der Waals surface area contributed by atoms with Gasteiger partial charge in [0.05, 0.1) is 176 Å². The largest absolute Gasteiger partial charge is 3.00 e. The van der Waals surface area contributed by atoms with Crippen molar-refractivity contribution < 1.29 is 346 Å². The quantitative estimate of drug-likeness (QED) is 0.0251. The number of hydrogen-bond donors (Lipinski definition) is 16. The molecule has 4 radical (unpaired) electrons. The maximum atomic E-state index is 10.6. The second-order valence-corrected chi connectivity index (χ2v) is 27.7. The minimum absolute atomic E-state index is 0. The molecule has 16 N–H and O–H groups in total. The Hall–Kier alpha value is -13.3. The van der Waals surface area contributed by atoms with E-state index in [9.17, 15) is 196 Å². The maximum Gasteiger partial charge on any atom is 3.00 e. The van der Waals surface area contributed by atoms with Crippen LogP contribution >= 0.6 is 0 Å². The molecular weight excluding hydrogens is 2160 g/mol. The van der Waals surface area contributed by atoms with Gasteiger partial charge in [0.25, 0.3) is 0 Å². The van der Waals surface area contributed by atoms with Crippen molar-refractivity contribution in [2.45, 2.75) is 0 Å². The molecule has 0 aromatic heterocycles. The van der Waals surface area contributed by atoms with Gasteiger partial charge in [0.1, 0.15) is 0 Å². The van der Waals surface area contributed by atoms with E-state index in [1.54, 1.807) is 0 Å². The molecule has 0 fully saturated rings. The van der Waals surface area contributed by atoms with Gasteiger partial charge in [-0.15, -0.1) is 0 Å². The Labute approximate surface area is 852 Å². The van der Waals surface area contributed by atoms with Crippen LogP contribution in [0.3, 0.4) is 0 Å². The molecule has 74 heteroatoms. The third-order valence-corrected chi connectivity index (χ3v) is 15.1. The van der Waals surface area contributed by atoms with E-state index in [-0.39, 0.29) is 160 Å². The third kappa shape index (κ3) is 117. The van der Waals surface area contributed by atoms with E-state index in [0.29, 0.717) is 0 Å². The zero-order valence-corrected chi connectivity index (χ0v) is 79.3. The summed E-state index contributed by atoms with van der Waals surface area (Å²) in [4.78, 5) is 308. The van der Waals surface area contributed by atoms with Gasteiger partial charge in [-0.05, 0) is 0 Å². The molecule has 0 saturated heterocycles. The second kappa shape index (κ2) is 89.7. The van der Waals surface area contributed by atoms with Crippen molar-refractivity contribution in [2.75, 3.05) is 275 Å². The van der Waals surface area contributed by atoms with Gasteiger partial charge in [-0.1, -0.05) is 0 Å². The molecule has 0 saturated carbocycles. The summed E-state index contributed by atoms with van der Waals surface area (Å²) in [6.07, 6.45) is 0. The predicted molar refractivity (Wildman–Crippen MR) is 412 cm³/mol. The molecule has 0 atom stereocenters. The van der Waals surface area contributed by atoms with Crippen LogP contribution in [0, 0.1) is 0 Å². The second-order valence-electron chi connectivity index (χ2n) is 27.7. The fraction of sp³-hybridized carbons (Fsp3) is 0.600. The zero-order chi connectivity index (χ0) is 110. The van der Waals surface area contributed by atoms with Crippen LogP contribution in [-0.2, 0) is 203 Å². The first-order valence-electron chi connectivity index (χ1n) is 38.4. The molecule has 0 bridgehead atoms. The van der Waals surface area contributed by atoms with E-state index in [2.05, 4.69) is 0 Å². The van der Waals surface area contributed by atoms with E-state index in [0.717, 1.165) is 68.6 Å². The molecule has 0 aromatic carbocycles. The molecule has 70 nitrogen and oxygen atoms in total. The zero-order valence-electron chi connectivity index (χ0n) is 74.9. The van der Waals surface area contributed by atoms with Gasteiger partial charge in [-0.25, -0.2) is 0 Å². The van der Waals surface area contributed by atoms with Crippen LogP contribution in [-0.4, -0.2) is 592 Å². The third-order valence-electron chi connectivity index (χ3n) is 15.1. The summed E-state index contributed by atoms with van der Waals surface area (Å²) in [5.74, 6) is -38.0. The Morgan fingerprint density at radius 1 is 0.104 bits per heavy atom. The van der Waals surface area contributed by atoms with Crippen LogP contribution in [0.1, 0.15) is 0 Å². The molecule has 0 aliphatic heterocycles. The minimum Gasteiger partial charge on any atom is -0.549 e. The summed E-state index contributed by atoms with van der Waals surface area (Å²) in [5.41, 5.74) is 0. The Morgan fingerprint density at radius 3 is 0.181 bits per heavy atom. The van der Waals surface area contributed by atoms with Gasteiger partial charge in [0, 0.05) is 170 Å². The van der Waals surface area contributed by atoms with Gasteiger partial charge in [-0.2, -0.15) is 0 Å². The number of aliphatic carboxylic acids is 28. The molecule has 0 unspecified atom stereocenters.